The number of allylic oxidation sites excluding steroid dienone is 1. The smallest absolute Gasteiger partial charge is 0.234 e. The van der Waals surface area contributed by atoms with E-state index in [1.165, 1.54) is 6.07 Å². The summed E-state index contributed by atoms with van der Waals surface area (Å²) in [6, 6.07) is 6.43. The van der Waals surface area contributed by atoms with Gasteiger partial charge in [0, 0.05) is 24.1 Å². The SMILES string of the molecule is C=CC[C@@]1(CO)CCCN(CC(=O)NCc2ccccc2F)C1. The number of carbonyl (C=O) groups excluding carboxylic acids is 1. The largest absolute Gasteiger partial charge is 0.396 e. The fourth-order valence-electron chi connectivity index (χ4n) is 3.21. The first-order valence-corrected chi connectivity index (χ1v) is 8.03. The Bertz CT molecular complexity index is 550. The number of amides is 1. The molecule has 1 aliphatic rings. The van der Waals surface area contributed by atoms with Gasteiger partial charge in [0.05, 0.1) is 13.2 Å². The van der Waals surface area contributed by atoms with E-state index in [2.05, 4.69) is 16.8 Å². The molecule has 126 valence electrons. The molecule has 5 heteroatoms. The van der Waals surface area contributed by atoms with E-state index in [0.717, 1.165) is 25.8 Å². The van der Waals surface area contributed by atoms with Crippen LogP contribution in [0.25, 0.3) is 0 Å². The summed E-state index contributed by atoms with van der Waals surface area (Å²) < 4.78 is 13.5. The molecule has 1 heterocycles. The van der Waals surface area contributed by atoms with Gasteiger partial charge in [0.25, 0.3) is 0 Å². The van der Waals surface area contributed by atoms with Crippen LogP contribution < -0.4 is 5.32 Å². The number of benzene rings is 1. The molecule has 0 radical (unpaired) electrons. The molecular formula is C18H25FN2O2. The molecule has 1 aromatic rings. The second kappa shape index (κ2) is 8.22. The van der Waals surface area contributed by atoms with Gasteiger partial charge in [-0.25, -0.2) is 4.39 Å². The maximum Gasteiger partial charge on any atom is 0.234 e. The van der Waals surface area contributed by atoms with Crippen molar-refractivity contribution in [3.8, 4) is 0 Å². The van der Waals surface area contributed by atoms with Crippen LogP contribution in [0.3, 0.4) is 0 Å². The number of nitrogens with zero attached hydrogens (tertiary/aromatic N) is 1. The normalized spacial score (nSPS) is 21.8. The second-order valence-corrected chi connectivity index (χ2v) is 6.33. The van der Waals surface area contributed by atoms with Crippen LogP contribution in [0.5, 0.6) is 0 Å². The number of carbonyl (C=O) groups is 1. The minimum Gasteiger partial charge on any atom is -0.396 e. The minimum absolute atomic E-state index is 0.104. The summed E-state index contributed by atoms with van der Waals surface area (Å²) in [5.41, 5.74) is 0.294. The van der Waals surface area contributed by atoms with Crippen LogP contribution in [-0.4, -0.2) is 42.2 Å². The highest BCUT2D eigenvalue weighted by molar-refractivity contribution is 5.78. The third kappa shape index (κ3) is 4.88. The molecule has 0 aliphatic carbocycles. The van der Waals surface area contributed by atoms with E-state index in [9.17, 15) is 14.3 Å². The van der Waals surface area contributed by atoms with Gasteiger partial charge in [-0.05, 0) is 31.9 Å². The average molecular weight is 320 g/mol. The van der Waals surface area contributed by atoms with Gasteiger partial charge in [0.2, 0.25) is 5.91 Å². The lowest BCUT2D eigenvalue weighted by molar-refractivity contribution is -0.123. The molecule has 0 spiro atoms. The Balaban J connectivity index is 1.85. The summed E-state index contributed by atoms with van der Waals surface area (Å²) in [6.07, 6.45) is 4.48. The van der Waals surface area contributed by atoms with Gasteiger partial charge >= 0.3 is 0 Å². The third-order valence-electron chi connectivity index (χ3n) is 4.45. The van der Waals surface area contributed by atoms with Crippen molar-refractivity contribution in [2.75, 3.05) is 26.2 Å². The van der Waals surface area contributed by atoms with Crippen LogP contribution in [0.1, 0.15) is 24.8 Å². The van der Waals surface area contributed by atoms with E-state index < -0.39 is 0 Å². The molecular weight excluding hydrogens is 295 g/mol. The van der Waals surface area contributed by atoms with Crippen LogP contribution in [0.15, 0.2) is 36.9 Å². The number of piperidine rings is 1. The van der Waals surface area contributed by atoms with Crippen molar-refractivity contribution in [1.82, 2.24) is 10.2 Å². The van der Waals surface area contributed by atoms with Crippen molar-refractivity contribution in [2.24, 2.45) is 5.41 Å². The van der Waals surface area contributed by atoms with Crippen LogP contribution in [0.2, 0.25) is 0 Å². The van der Waals surface area contributed by atoms with Crippen molar-refractivity contribution < 1.29 is 14.3 Å². The number of rotatable bonds is 7. The Morgan fingerprint density at radius 3 is 2.96 bits per heavy atom. The maximum absolute atomic E-state index is 13.5. The number of aliphatic hydroxyl groups excluding tert-OH is 1. The van der Waals surface area contributed by atoms with Crippen LogP contribution in [-0.2, 0) is 11.3 Å². The van der Waals surface area contributed by atoms with Crippen molar-refractivity contribution in [1.29, 1.82) is 0 Å². The molecule has 23 heavy (non-hydrogen) atoms. The van der Waals surface area contributed by atoms with E-state index in [1.54, 1.807) is 18.2 Å². The monoisotopic (exact) mass is 320 g/mol. The van der Waals surface area contributed by atoms with Gasteiger partial charge < -0.3 is 10.4 Å². The Labute approximate surface area is 137 Å². The molecule has 1 aliphatic heterocycles. The van der Waals surface area contributed by atoms with Crippen LogP contribution in [0.4, 0.5) is 4.39 Å². The van der Waals surface area contributed by atoms with Crippen molar-refractivity contribution >= 4 is 5.91 Å². The van der Waals surface area contributed by atoms with Gasteiger partial charge in [0.1, 0.15) is 5.82 Å². The standard InChI is InChI=1S/C18H25FN2O2/c1-2-8-18(14-22)9-5-10-21(13-18)12-17(23)20-11-15-6-3-4-7-16(15)19/h2-4,6-7,22H,1,5,8-14H2,(H,20,23)/t18-/m1/s1. The zero-order chi connectivity index (χ0) is 16.7. The summed E-state index contributed by atoms with van der Waals surface area (Å²) in [5.74, 6) is -0.434. The van der Waals surface area contributed by atoms with E-state index in [-0.39, 0.29) is 36.8 Å². The van der Waals surface area contributed by atoms with Crippen molar-refractivity contribution in [3.05, 3.63) is 48.3 Å². The van der Waals surface area contributed by atoms with E-state index in [4.69, 9.17) is 0 Å². The lowest BCUT2D eigenvalue weighted by Crippen LogP contribution is -2.48. The maximum atomic E-state index is 13.5. The first-order chi connectivity index (χ1) is 11.1. The Hall–Kier alpha value is -1.72. The summed E-state index contributed by atoms with van der Waals surface area (Å²) in [6.45, 7) is 5.85. The molecule has 2 rings (SSSR count). The topological polar surface area (TPSA) is 52.6 Å². The minimum atomic E-state index is -0.309. The Morgan fingerprint density at radius 1 is 1.48 bits per heavy atom. The van der Waals surface area contributed by atoms with E-state index in [0.29, 0.717) is 12.1 Å². The number of aliphatic hydroxyl groups is 1. The first kappa shape index (κ1) is 17.6. The predicted octanol–water partition coefficient (Wildman–Crippen LogP) is 2.09. The fourth-order valence-corrected chi connectivity index (χ4v) is 3.21. The lowest BCUT2D eigenvalue weighted by atomic mass is 9.78. The molecule has 1 fully saturated rings. The predicted molar refractivity (Wildman–Crippen MR) is 88.3 cm³/mol. The van der Waals surface area contributed by atoms with Gasteiger partial charge in [0.15, 0.2) is 0 Å². The highest BCUT2D eigenvalue weighted by Gasteiger charge is 2.34. The number of hydrogen-bond donors (Lipinski definition) is 2. The van der Waals surface area contributed by atoms with E-state index >= 15 is 0 Å². The zero-order valence-electron chi connectivity index (χ0n) is 13.4. The Kier molecular flexibility index (Phi) is 6.30. The van der Waals surface area contributed by atoms with Gasteiger partial charge in [-0.2, -0.15) is 0 Å². The summed E-state index contributed by atoms with van der Waals surface area (Å²) >= 11 is 0. The molecule has 1 saturated heterocycles. The Morgan fingerprint density at radius 2 is 2.26 bits per heavy atom. The molecule has 0 saturated carbocycles. The number of halogens is 1. The van der Waals surface area contributed by atoms with Crippen molar-refractivity contribution in [2.45, 2.75) is 25.8 Å². The number of likely N-dealkylation sites (tertiary alicyclic amines) is 1. The third-order valence-corrected chi connectivity index (χ3v) is 4.45. The molecule has 1 aromatic carbocycles. The first-order valence-electron chi connectivity index (χ1n) is 8.03. The van der Waals surface area contributed by atoms with Gasteiger partial charge in [-0.1, -0.05) is 24.3 Å². The average Bonchev–Trinajstić information content (AvgIpc) is 2.55. The van der Waals surface area contributed by atoms with E-state index in [1.807, 2.05) is 6.08 Å². The van der Waals surface area contributed by atoms with Crippen molar-refractivity contribution in [3.63, 3.8) is 0 Å². The molecule has 2 N–H and O–H groups in total. The number of hydrogen-bond acceptors (Lipinski definition) is 3. The molecule has 0 bridgehead atoms. The number of nitrogens with one attached hydrogen (secondary N) is 1. The quantitative estimate of drug-likeness (QED) is 0.757. The molecule has 0 aromatic heterocycles. The summed E-state index contributed by atoms with van der Waals surface area (Å²) in [4.78, 5) is 14.2. The molecule has 4 nitrogen and oxygen atoms in total. The highest BCUT2D eigenvalue weighted by Crippen LogP contribution is 2.33. The zero-order valence-corrected chi connectivity index (χ0v) is 13.4. The summed E-state index contributed by atoms with van der Waals surface area (Å²) in [7, 11) is 0. The fraction of sp³-hybridized carbons (Fsp3) is 0.500. The lowest BCUT2D eigenvalue weighted by Gasteiger charge is -2.41. The second-order valence-electron chi connectivity index (χ2n) is 6.33. The molecule has 1 amide bonds. The highest BCUT2D eigenvalue weighted by atomic mass is 19.1. The van der Waals surface area contributed by atoms with Gasteiger partial charge in [-0.3, -0.25) is 9.69 Å². The molecule has 1 atom stereocenters. The summed E-state index contributed by atoms with van der Waals surface area (Å²) in [5, 5.41) is 12.5. The van der Waals surface area contributed by atoms with Gasteiger partial charge in [-0.15, -0.1) is 6.58 Å². The van der Waals surface area contributed by atoms with Crippen LogP contribution >= 0.6 is 0 Å². The molecule has 0 unspecified atom stereocenters. The van der Waals surface area contributed by atoms with Crippen LogP contribution in [0, 0.1) is 11.2 Å².